The van der Waals surface area contributed by atoms with E-state index in [-0.39, 0.29) is 27.5 Å². The number of ketones is 1. The lowest BCUT2D eigenvalue weighted by atomic mass is 9.95. The fraction of sp³-hybridized carbons (Fsp3) is 0.148. The first kappa shape index (κ1) is 24.4. The van der Waals surface area contributed by atoms with Crippen molar-refractivity contribution in [1.82, 2.24) is 4.98 Å². The summed E-state index contributed by atoms with van der Waals surface area (Å²) in [6.07, 6.45) is 0. The smallest absolute Gasteiger partial charge is 0.301 e. The Morgan fingerprint density at radius 2 is 1.90 bits per heavy atom. The molecular formula is C27H19N3O8S. The van der Waals surface area contributed by atoms with Gasteiger partial charge >= 0.3 is 5.91 Å². The molecule has 1 aromatic heterocycles. The number of carbonyl (C=O) groups is 2. The van der Waals surface area contributed by atoms with Gasteiger partial charge in [-0.2, -0.15) is 0 Å². The summed E-state index contributed by atoms with van der Waals surface area (Å²) in [5.41, 5.74) is 0.601. The molecule has 0 unspecified atom stereocenters. The summed E-state index contributed by atoms with van der Waals surface area (Å²) in [5, 5.41) is 23.2. The van der Waals surface area contributed by atoms with Crippen LogP contribution in [0.25, 0.3) is 16.0 Å². The number of aliphatic hydroxyl groups is 1. The van der Waals surface area contributed by atoms with Gasteiger partial charge in [-0.1, -0.05) is 23.5 Å². The van der Waals surface area contributed by atoms with E-state index in [1.807, 2.05) is 0 Å². The van der Waals surface area contributed by atoms with E-state index in [1.165, 1.54) is 36.3 Å². The predicted molar refractivity (Wildman–Crippen MR) is 141 cm³/mol. The van der Waals surface area contributed by atoms with Gasteiger partial charge in [-0.15, -0.1) is 0 Å². The molecule has 2 aliphatic heterocycles. The Kier molecular flexibility index (Phi) is 5.88. The Balaban J connectivity index is 1.55. The third-order valence-electron chi connectivity index (χ3n) is 6.45. The molecule has 3 heterocycles. The second-order valence-corrected chi connectivity index (χ2v) is 9.72. The molecule has 39 heavy (non-hydrogen) atoms. The van der Waals surface area contributed by atoms with E-state index in [2.05, 4.69) is 4.98 Å². The van der Waals surface area contributed by atoms with E-state index in [4.69, 9.17) is 14.2 Å². The summed E-state index contributed by atoms with van der Waals surface area (Å²) < 4.78 is 17.1. The zero-order valence-electron chi connectivity index (χ0n) is 20.3. The summed E-state index contributed by atoms with van der Waals surface area (Å²) in [5.74, 6) is -0.863. The molecule has 0 radical (unpaired) electrons. The van der Waals surface area contributed by atoms with Gasteiger partial charge in [-0.05, 0) is 42.0 Å². The number of rotatable bonds is 5. The molecule has 1 amide bonds. The fourth-order valence-electron chi connectivity index (χ4n) is 4.62. The SMILES string of the molecule is COc1ccc2nc(N3C(=O)C(=O)/C(=C(/O)c4ccc5c(c4)OCCO5)[C@@H]3c3cccc([N+](=O)[O-])c3)sc2c1. The zero-order valence-corrected chi connectivity index (χ0v) is 21.1. The number of aliphatic hydroxyl groups excluding tert-OH is 1. The number of nitro benzene ring substituents is 1. The maximum absolute atomic E-state index is 13.5. The van der Waals surface area contributed by atoms with E-state index in [0.717, 1.165) is 11.3 Å². The highest BCUT2D eigenvalue weighted by atomic mass is 32.1. The number of aromatic nitrogens is 1. The van der Waals surface area contributed by atoms with Crippen LogP contribution >= 0.6 is 11.3 Å². The maximum Gasteiger partial charge on any atom is 0.301 e. The number of nitro groups is 1. The molecule has 1 atom stereocenters. The van der Waals surface area contributed by atoms with Crippen molar-refractivity contribution in [3.8, 4) is 17.2 Å². The number of carbonyl (C=O) groups excluding carboxylic acids is 2. The Morgan fingerprint density at radius 3 is 2.67 bits per heavy atom. The van der Waals surface area contributed by atoms with E-state index < -0.39 is 28.4 Å². The highest BCUT2D eigenvalue weighted by molar-refractivity contribution is 7.22. The molecule has 0 saturated carbocycles. The lowest BCUT2D eigenvalue weighted by molar-refractivity contribution is -0.384. The molecule has 3 aromatic carbocycles. The van der Waals surface area contributed by atoms with Crippen molar-refractivity contribution in [3.05, 3.63) is 87.5 Å². The molecular weight excluding hydrogens is 526 g/mol. The van der Waals surface area contributed by atoms with E-state index in [1.54, 1.807) is 36.4 Å². The molecule has 196 valence electrons. The molecule has 0 bridgehead atoms. The van der Waals surface area contributed by atoms with Crippen LogP contribution in [0.1, 0.15) is 17.2 Å². The van der Waals surface area contributed by atoms with Crippen molar-refractivity contribution < 1.29 is 33.8 Å². The van der Waals surface area contributed by atoms with Gasteiger partial charge in [0, 0.05) is 17.7 Å². The van der Waals surface area contributed by atoms with Gasteiger partial charge in [0.2, 0.25) is 0 Å². The number of methoxy groups -OCH3 is 1. The number of amides is 1. The van der Waals surface area contributed by atoms with Gasteiger partial charge in [-0.25, -0.2) is 4.98 Å². The number of fused-ring (bicyclic) bond motifs is 2. The number of benzene rings is 3. The van der Waals surface area contributed by atoms with E-state index in [9.17, 15) is 24.8 Å². The van der Waals surface area contributed by atoms with Gasteiger partial charge in [0.05, 0.1) is 33.9 Å². The average molecular weight is 546 g/mol. The molecule has 4 aromatic rings. The molecule has 6 rings (SSSR count). The van der Waals surface area contributed by atoms with Crippen LogP contribution in [0, 0.1) is 10.1 Å². The van der Waals surface area contributed by atoms with Crippen molar-refractivity contribution in [2.75, 3.05) is 25.2 Å². The van der Waals surface area contributed by atoms with Crippen molar-refractivity contribution in [3.63, 3.8) is 0 Å². The van der Waals surface area contributed by atoms with Gasteiger partial charge < -0.3 is 19.3 Å². The van der Waals surface area contributed by atoms with Gasteiger partial charge in [0.15, 0.2) is 16.6 Å². The maximum atomic E-state index is 13.5. The lowest BCUT2D eigenvalue weighted by Gasteiger charge is -2.23. The number of Topliss-reactive ketones (excluding diaryl/α,β-unsaturated/α-hetero) is 1. The topological polar surface area (TPSA) is 141 Å². The predicted octanol–water partition coefficient (Wildman–Crippen LogP) is 4.61. The Labute approximate surface area is 224 Å². The van der Waals surface area contributed by atoms with Crippen LogP contribution in [0.15, 0.2) is 66.2 Å². The number of anilines is 1. The first-order chi connectivity index (χ1) is 18.9. The summed E-state index contributed by atoms with van der Waals surface area (Å²) in [4.78, 5) is 43.7. The Hall–Kier alpha value is -4.97. The number of hydrogen-bond donors (Lipinski definition) is 1. The standard InChI is InChI=1S/C27H19N3O8S/c1-36-17-6-7-18-21(13-17)39-27(28-18)29-23(14-3-2-4-16(11-14)30(34)35)22(25(32)26(29)33)24(31)15-5-8-19-20(12-15)38-10-9-37-19/h2-8,11-13,23,31H,9-10H2,1H3/b24-22+/t23-/m0/s1. The van der Waals surface area contributed by atoms with Crippen LogP contribution in [-0.2, 0) is 9.59 Å². The van der Waals surface area contributed by atoms with Gasteiger partial charge in [0.25, 0.3) is 11.5 Å². The third kappa shape index (κ3) is 4.10. The fourth-order valence-corrected chi connectivity index (χ4v) is 5.64. The first-order valence-corrected chi connectivity index (χ1v) is 12.6. The third-order valence-corrected chi connectivity index (χ3v) is 7.46. The number of non-ortho nitro benzene ring substituents is 1. The molecule has 0 aliphatic carbocycles. The van der Waals surface area contributed by atoms with Crippen LogP contribution < -0.4 is 19.1 Å². The first-order valence-electron chi connectivity index (χ1n) is 11.8. The molecule has 2 aliphatic rings. The number of nitrogens with zero attached hydrogens (tertiary/aromatic N) is 3. The van der Waals surface area contributed by atoms with Crippen LogP contribution in [0.3, 0.4) is 0 Å². The minimum atomic E-state index is -1.18. The molecule has 0 spiro atoms. The number of thiazole rings is 1. The molecule has 11 nitrogen and oxygen atoms in total. The van der Waals surface area contributed by atoms with Crippen molar-refractivity contribution in [2.24, 2.45) is 0 Å². The zero-order chi connectivity index (χ0) is 27.3. The largest absolute Gasteiger partial charge is 0.507 e. The minimum absolute atomic E-state index is 0.193. The second kappa shape index (κ2) is 9.40. The van der Waals surface area contributed by atoms with Crippen molar-refractivity contribution in [2.45, 2.75) is 6.04 Å². The van der Waals surface area contributed by atoms with E-state index in [0.29, 0.717) is 40.7 Å². The summed E-state index contributed by atoms with van der Waals surface area (Å²) in [7, 11) is 1.53. The molecule has 1 N–H and O–H groups in total. The highest BCUT2D eigenvalue weighted by Gasteiger charge is 2.48. The normalized spacial score (nSPS) is 18.0. The molecule has 1 fully saturated rings. The molecule has 1 saturated heterocycles. The second-order valence-electron chi connectivity index (χ2n) is 8.71. The van der Waals surface area contributed by atoms with Crippen LogP contribution in [0.4, 0.5) is 10.8 Å². The Morgan fingerprint density at radius 1 is 1.10 bits per heavy atom. The van der Waals surface area contributed by atoms with Crippen LogP contribution in [0.5, 0.6) is 17.2 Å². The summed E-state index contributed by atoms with van der Waals surface area (Å²) in [6, 6.07) is 14.3. The molecule has 12 heteroatoms. The van der Waals surface area contributed by atoms with Crippen LogP contribution in [-0.4, -0.2) is 47.0 Å². The van der Waals surface area contributed by atoms with Gasteiger partial charge in [-0.3, -0.25) is 24.6 Å². The summed E-state index contributed by atoms with van der Waals surface area (Å²) in [6.45, 7) is 0.696. The highest BCUT2D eigenvalue weighted by Crippen LogP contribution is 2.45. The lowest BCUT2D eigenvalue weighted by Crippen LogP contribution is -2.29. The summed E-state index contributed by atoms with van der Waals surface area (Å²) >= 11 is 1.15. The van der Waals surface area contributed by atoms with E-state index >= 15 is 0 Å². The average Bonchev–Trinajstić information content (AvgIpc) is 3.49. The van der Waals surface area contributed by atoms with Crippen molar-refractivity contribution in [1.29, 1.82) is 0 Å². The van der Waals surface area contributed by atoms with Gasteiger partial charge in [0.1, 0.15) is 24.7 Å². The van der Waals surface area contributed by atoms with Crippen LogP contribution in [0.2, 0.25) is 0 Å². The Bertz CT molecular complexity index is 1710. The number of ether oxygens (including phenoxy) is 3. The minimum Gasteiger partial charge on any atom is -0.507 e. The van der Waals surface area contributed by atoms with Crippen molar-refractivity contribution >= 4 is 49.8 Å². The number of hydrogen-bond acceptors (Lipinski definition) is 10. The monoisotopic (exact) mass is 545 g/mol. The quantitative estimate of drug-likeness (QED) is 0.125.